The van der Waals surface area contributed by atoms with Gasteiger partial charge in [-0.25, -0.2) is 0 Å². The minimum Gasteiger partial charge on any atom is -0.376 e. The second kappa shape index (κ2) is 7.58. The van der Waals surface area contributed by atoms with Crippen LogP contribution >= 0.6 is 0 Å². The van der Waals surface area contributed by atoms with E-state index in [1.807, 2.05) is 6.92 Å². The molecule has 3 heteroatoms. The first-order valence-corrected chi connectivity index (χ1v) is 7.46. The molecule has 0 aromatic heterocycles. The van der Waals surface area contributed by atoms with Gasteiger partial charge in [0.05, 0.1) is 13.2 Å². The van der Waals surface area contributed by atoms with Gasteiger partial charge in [-0.1, -0.05) is 36.4 Å². The van der Waals surface area contributed by atoms with E-state index in [9.17, 15) is 0 Å². The minimum absolute atomic E-state index is 0.205. The molecule has 0 amide bonds. The van der Waals surface area contributed by atoms with Gasteiger partial charge in [0.2, 0.25) is 0 Å². The third-order valence-corrected chi connectivity index (χ3v) is 3.61. The lowest BCUT2D eigenvalue weighted by molar-refractivity contribution is 0.155. The first-order valence-electron chi connectivity index (χ1n) is 7.46. The van der Waals surface area contributed by atoms with Crippen LogP contribution in [0.3, 0.4) is 0 Å². The number of hydrogen-bond acceptors (Lipinski definition) is 3. The molecule has 1 atom stereocenters. The predicted molar refractivity (Wildman–Crippen MR) is 83.8 cm³/mol. The van der Waals surface area contributed by atoms with E-state index >= 15 is 0 Å². The largest absolute Gasteiger partial charge is 0.376 e. The zero-order valence-corrected chi connectivity index (χ0v) is 12.4. The SMILES string of the molecule is C=C(C)COCCNC(CN)c1ccc(C2CC2)cc1. The van der Waals surface area contributed by atoms with Gasteiger partial charge in [-0.05, 0) is 36.8 Å². The summed E-state index contributed by atoms with van der Waals surface area (Å²) in [7, 11) is 0. The Morgan fingerprint density at radius 1 is 1.40 bits per heavy atom. The number of nitrogens with one attached hydrogen (secondary N) is 1. The monoisotopic (exact) mass is 274 g/mol. The molecule has 0 saturated heterocycles. The van der Waals surface area contributed by atoms with Crippen molar-refractivity contribution < 1.29 is 4.74 Å². The lowest BCUT2D eigenvalue weighted by Crippen LogP contribution is -2.31. The number of benzene rings is 1. The Labute approximate surface area is 122 Å². The number of ether oxygens (including phenoxy) is 1. The van der Waals surface area contributed by atoms with E-state index in [1.54, 1.807) is 0 Å². The fraction of sp³-hybridized carbons (Fsp3) is 0.529. The van der Waals surface area contributed by atoms with Crippen molar-refractivity contribution in [1.82, 2.24) is 5.32 Å². The molecule has 2 rings (SSSR count). The molecule has 0 heterocycles. The molecule has 0 radical (unpaired) electrons. The van der Waals surface area contributed by atoms with Gasteiger partial charge in [0.25, 0.3) is 0 Å². The van der Waals surface area contributed by atoms with Crippen LogP contribution in [0, 0.1) is 0 Å². The van der Waals surface area contributed by atoms with E-state index in [0.717, 1.165) is 18.0 Å². The molecular weight excluding hydrogens is 248 g/mol. The Balaban J connectivity index is 1.76. The van der Waals surface area contributed by atoms with E-state index in [4.69, 9.17) is 10.5 Å². The molecule has 20 heavy (non-hydrogen) atoms. The highest BCUT2D eigenvalue weighted by molar-refractivity contribution is 5.29. The first-order chi connectivity index (χ1) is 9.70. The standard InChI is InChI=1S/C17H26N2O/c1-13(2)12-20-10-9-19-17(11-18)16-7-5-15(6-8-16)14-3-4-14/h5-8,14,17,19H,1,3-4,9-12,18H2,2H3. The fourth-order valence-electron chi connectivity index (χ4n) is 2.31. The smallest absolute Gasteiger partial charge is 0.0672 e. The Morgan fingerprint density at radius 3 is 2.65 bits per heavy atom. The molecule has 1 aliphatic rings. The first kappa shape index (κ1) is 15.2. The topological polar surface area (TPSA) is 47.3 Å². The van der Waals surface area contributed by atoms with Crippen molar-refractivity contribution in [1.29, 1.82) is 0 Å². The molecule has 1 unspecified atom stereocenters. The van der Waals surface area contributed by atoms with Gasteiger partial charge in [-0.2, -0.15) is 0 Å². The highest BCUT2D eigenvalue weighted by Crippen LogP contribution is 2.40. The van der Waals surface area contributed by atoms with Crippen molar-refractivity contribution in [3.05, 3.63) is 47.5 Å². The van der Waals surface area contributed by atoms with E-state index in [1.165, 1.54) is 24.0 Å². The van der Waals surface area contributed by atoms with Crippen molar-refractivity contribution in [3.8, 4) is 0 Å². The van der Waals surface area contributed by atoms with Gasteiger partial charge in [0, 0.05) is 19.1 Å². The second-order valence-corrected chi connectivity index (χ2v) is 5.69. The molecule has 1 aliphatic carbocycles. The Kier molecular flexibility index (Phi) is 5.77. The maximum absolute atomic E-state index is 5.86. The number of hydrogen-bond donors (Lipinski definition) is 2. The van der Waals surface area contributed by atoms with Crippen LogP contribution in [0.25, 0.3) is 0 Å². The molecule has 3 N–H and O–H groups in total. The average molecular weight is 274 g/mol. The number of rotatable bonds is 9. The van der Waals surface area contributed by atoms with E-state index in [2.05, 4.69) is 36.2 Å². The van der Waals surface area contributed by atoms with Crippen molar-refractivity contribution in [2.24, 2.45) is 5.73 Å². The molecular formula is C17H26N2O. The molecule has 0 spiro atoms. The van der Waals surface area contributed by atoms with Crippen LogP contribution in [-0.2, 0) is 4.74 Å². The third-order valence-electron chi connectivity index (χ3n) is 3.61. The molecule has 1 saturated carbocycles. The summed E-state index contributed by atoms with van der Waals surface area (Å²) in [6, 6.07) is 9.10. The highest BCUT2D eigenvalue weighted by atomic mass is 16.5. The van der Waals surface area contributed by atoms with Crippen LogP contribution < -0.4 is 11.1 Å². The van der Waals surface area contributed by atoms with E-state index in [0.29, 0.717) is 19.8 Å². The lowest BCUT2D eigenvalue weighted by Gasteiger charge is -2.18. The Bertz CT molecular complexity index is 423. The third kappa shape index (κ3) is 4.75. The summed E-state index contributed by atoms with van der Waals surface area (Å²) in [5.74, 6) is 0.809. The second-order valence-electron chi connectivity index (χ2n) is 5.69. The quantitative estimate of drug-likeness (QED) is 0.538. The predicted octanol–water partition coefficient (Wildman–Crippen LogP) is 2.75. The summed E-state index contributed by atoms with van der Waals surface area (Å²) in [4.78, 5) is 0. The lowest BCUT2D eigenvalue weighted by atomic mass is 10.0. The summed E-state index contributed by atoms with van der Waals surface area (Å²) in [5, 5.41) is 3.44. The zero-order valence-electron chi connectivity index (χ0n) is 12.4. The summed E-state index contributed by atoms with van der Waals surface area (Å²) >= 11 is 0. The minimum atomic E-state index is 0.205. The summed E-state index contributed by atoms with van der Waals surface area (Å²) in [6.07, 6.45) is 2.69. The molecule has 0 bridgehead atoms. The summed E-state index contributed by atoms with van der Waals surface area (Å²) in [6.45, 7) is 8.50. The summed E-state index contributed by atoms with van der Waals surface area (Å²) < 4.78 is 5.48. The van der Waals surface area contributed by atoms with Crippen LogP contribution in [0.4, 0.5) is 0 Å². The zero-order chi connectivity index (χ0) is 14.4. The van der Waals surface area contributed by atoms with Gasteiger partial charge < -0.3 is 15.8 Å². The van der Waals surface area contributed by atoms with Crippen LogP contribution in [0.1, 0.15) is 42.9 Å². The van der Waals surface area contributed by atoms with Crippen LogP contribution in [0.5, 0.6) is 0 Å². The van der Waals surface area contributed by atoms with Gasteiger partial charge in [-0.3, -0.25) is 0 Å². The number of nitrogens with two attached hydrogens (primary N) is 1. The molecule has 1 fully saturated rings. The van der Waals surface area contributed by atoms with Crippen molar-refractivity contribution in [2.45, 2.75) is 31.7 Å². The Morgan fingerprint density at radius 2 is 2.10 bits per heavy atom. The van der Waals surface area contributed by atoms with Gasteiger partial charge in [-0.15, -0.1) is 0 Å². The van der Waals surface area contributed by atoms with Crippen molar-refractivity contribution in [2.75, 3.05) is 26.3 Å². The van der Waals surface area contributed by atoms with Crippen LogP contribution in [-0.4, -0.2) is 26.3 Å². The summed E-state index contributed by atoms with van der Waals surface area (Å²) in [5.41, 5.74) is 9.64. The van der Waals surface area contributed by atoms with E-state index < -0.39 is 0 Å². The highest BCUT2D eigenvalue weighted by Gasteiger charge is 2.23. The normalized spacial score (nSPS) is 16.1. The van der Waals surface area contributed by atoms with Gasteiger partial charge in [0.1, 0.15) is 0 Å². The Hall–Kier alpha value is -1.16. The van der Waals surface area contributed by atoms with Gasteiger partial charge in [0.15, 0.2) is 0 Å². The van der Waals surface area contributed by atoms with Crippen LogP contribution in [0.2, 0.25) is 0 Å². The average Bonchev–Trinajstić information content (AvgIpc) is 3.27. The molecule has 3 nitrogen and oxygen atoms in total. The maximum atomic E-state index is 5.86. The maximum Gasteiger partial charge on any atom is 0.0672 e. The molecule has 1 aromatic rings. The molecule has 1 aromatic carbocycles. The van der Waals surface area contributed by atoms with Crippen molar-refractivity contribution >= 4 is 0 Å². The van der Waals surface area contributed by atoms with Crippen LogP contribution in [0.15, 0.2) is 36.4 Å². The molecule has 110 valence electrons. The van der Waals surface area contributed by atoms with Crippen molar-refractivity contribution in [3.63, 3.8) is 0 Å². The van der Waals surface area contributed by atoms with Gasteiger partial charge >= 0.3 is 0 Å². The fourth-order valence-corrected chi connectivity index (χ4v) is 2.31. The van der Waals surface area contributed by atoms with E-state index in [-0.39, 0.29) is 6.04 Å². The molecule has 0 aliphatic heterocycles.